The van der Waals surface area contributed by atoms with E-state index in [1.54, 1.807) is 23.6 Å². The van der Waals surface area contributed by atoms with Crippen LogP contribution in [0, 0.1) is 11.3 Å². The first-order chi connectivity index (χ1) is 20.3. The summed E-state index contributed by atoms with van der Waals surface area (Å²) >= 11 is 0. The van der Waals surface area contributed by atoms with Crippen molar-refractivity contribution >= 4 is 28.9 Å². The topological polar surface area (TPSA) is 85.4 Å². The van der Waals surface area contributed by atoms with Crippen LogP contribution in [-0.2, 0) is 19.0 Å². The van der Waals surface area contributed by atoms with Gasteiger partial charge >= 0.3 is 18.2 Å². The number of nitrogens with zero attached hydrogens (tertiary/aromatic N) is 2. The lowest BCUT2D eigenvalue weighted by Gasteiger charge is -2.35. The van der Waals surface area contributed by atoms with Crippen molar-refractivity contribution in [2.24, 2.45) is 11.3 Å². The van der Waals surface area contributed by atoms with Gasteiger partial charge in [0.05, 0.1) is 18.6 Å². The molecule has 0 aliphatic carbocycles. The number of benzene rings is 3. The number of esters is 1. The average Bonchev–Trinajstić information content (AvgIpc) is 3.41. The minimum Gasteiger partial charge on any atom is -0.469 e. The molecule has 1 aliphatic heterocycles. The monoisotopic (exact) mass is 588 g/mol. The van der Waals surface area contributed by atoms with Gasteiger partial charge in [-0.1, -0.05) is 72.8 Å². The normalized spacial score (nSPS) is 17.8. The van der Waals surface area contributed by atoms with E-state index in [0.717, 1.165) is 21.9 Å². The molecule has 3 atom stereocenters. The number of hydrogen-bond acceptors (Lipinski definition) is 6. The highest BCUT2D eigenvalue weighted by Crippen LogP contribution is 2.37. The maximum atomic E-state index is 13.8. The van der Waals surface area contributed by atoms with E-state index in [9.17, 15) is 14.4 Å². The van der Waals surface area contributed by atoms with Crippen molar-refractivity contribution < 1.29 is 28.6 Å². The van der Waals surface area contributed by atoms with Gasteiger partial charge in [-0.25, -0.2) is 9.59 Å². The van der Waals surface area contributed by atoms with Crippen molar-refractivity contribution in [1.82, 2.24) is 9.80 Å². The highest BCUT2D eigenvalue weighted by Gasteiger charge is 2.41. The highest BCUT2D eigenvalue weighted by molar-refractivity contribution is 5.86. The van der Waals surface area contributed by atoms with Crippen molar-refractivity contribution in [2.45, 2.75) is 59.1 Å². The summed E-state index contributed by atoms with van der Waals surface area (Å²) in [4.78, 5) is 42.7. The Morgan fingerprint density at radius 3 is 2.23 bits per heavy atom. The van der Waals surface area contributed by atoms with Crippen LogP contribution in [0.5, 0.6) is 0 Å². The molecule has 8 nitrogen and oxygen atoms in total. The Morgan fingerprint density at radius 1 is 0.907 bits per heavy atom. The van der Waals surface area contributed by atoms with Gasteiger partial charge in [0.25, 0.3) is 0 Å². The highest BCUT2D eigenvalue weighted by atomic mass is 16.6. The second-order valence-electron chi connectivity index (χ2n) is 13.0. The summed E-state index contributed by atoms with van der Waals surface area (Å²) in [5.74, 6) is -0.572. The first-order valence-corrected chi connectivity index (χ1v) is 14.8. The molecule has 0 spiro atoms. The molecule has 4 rings (SSSR count). The van der Waals surface area contributed by atoms with E-state index in [2.05, 4.69) is 36.4 Å². The zero-order valence-electron chi connectivity index (χ0n) is 26.3. The average molecular weight is 589 g/mol. The zero-order chi connectivity index (χ0) is 31.4. The number of carbonyl (C=O) groups excluding carboxylic acids is 3. The molecule has 0 bridgehead atoms. The number of rotatable bonds is 8. The lowest BCUT2D eigenvalue weighted by atomic mass is 9.88. The molecule has 8 heteroatoms. The van der Waals surface area contributed by atoms with E-state index in [4.69, 9.17) is 14.2 Å². The first-order valence-electron chi connectivity index (χ1n) is 14.8. The van der Waals surface area contributed by atoms with Crippen LogP contribution in [0.25, 0.3) is 10.8 Å². The molecule has 0 radical (unpaired) electrons. The Kier molecular flexibility index (Phi) is 9.68. The van der Waals surface area contributed by atoms with Crippen LogP contribution in [0.2, 0.25) is 0 Å². The molecule has 1 saturated heterocycles. The Balaban J connectivity index is 1.64. The Hall–Kier alpha value is -4.07. The lowest BCUT2D eigenvalue weighted by molar-refractivity contribution is -0.153. The third-order valence-corrected chi connectivity index (χ3v) is 8.02. The van der Waals surface area contributed by atoms with Gasteiger partial charge in [0.2, 0.25) is 0 Å². The van der Waals surface area contributed by atoms with Crippen LogP contribution in [0.15, 0.2) is 72.8 Å². The minimum absolute atomic E-state index is 0.0352. The molecule has 2 amide bonds. The van der Waals surface area contributed by atoms with E-state index in [1.807, 2.05) is 64.1 Å². The van der Waals surface area contributed by atoms with E-state index in [-0.39, 0.29) is 24.5 Å². The Morgan fingerprint density at radius 2 is 1.56 bits per heavy atom. The predicted molar refractivity (Wildman–Crippen MR) is 167 cm³/mol. The molecular weight excluding hydrogens is 544 g/mol. The van der Waals surface area contributed by atoms with Crippen LogP contribution >= 0.6 is 0 Å². The molecule has 230 valence electrons. The Labute approximate surface area is 254 Å². The largest absolute Gasteiger partial charge is 0.469 e. The fourth-order valence-corrected chi connectivity index (χ4v) is 5.70. The van der Waals surface area contributed by atoms with Crippen molar-refractivity contribution in [1.29, 1.82) is 0 Å². The fraction of sp³-hybridized carbons (Fsp3) is 0.457. The molecule has 43 heavy (non-hydrogen) atoms. The fourth-order valence-electron chi connectivity index (χ4n) is 5.70. The molecule has 3 aromatic carbocycles. The van der Waals surface area contributed by atoms with Gasteiger partial charge in [-0.15, -0.1) is 0 Å². The van der Waals surface area contributed by atoms with Crippen LogP contribution in [0.4, 0.5) is 9.59 Å². The van der Waals surface area contributed by atoms with Crippen LogP contribution < -0.4 is 0 Å². The number of ether oxygens (including phenoxy) is 3. The Bertz CT molecular complexity index is 1430. The first kappa shape index (κ1) is 31.9. The van der Waals surface area contributed by atoms with Gasteiger partial charge in [-0.2, -0.15) is 0 Å². The van der Waals surface area contributed by atoms with Gasteiger partial charge in [-0.05, 0) is 63.4 Å². The second-order valence-corrected chi connectivity index (χ2v) is 13.0. The molecule has 0 aromatic heterocycles. The second kappa shape index (κ2) is 13.1. The van der Waals surface area contributed by atoms with E-state index >= 15 is 0 Å². The number of likely N-dealkylation sites (tertiary alicyclic amines) is 1. The maximum Gasteiger partial charge on any atom is 0.410 e. The number of hydrogen-bond donors (Lipinski definition) is 0. The van der Waals surface area contributed by atoms with Crippen LogP contribution in [-0.4, -0.2) is 66.9 Å². The third kappa shape index (κ3) is 7.66. The quantitative estimate of drug-likeness (QED) is 0.205. The summed E-state index contributed by atoms with van der Waals surface area (Å²) in [6, 6.07) is 24.0. The lowest BCUT2D eigenvalue weighted by Crippen LogP contribution is -2.42. The SMILES string of the molecule is COC(=O)C(C)(C)COC(=O)N1C[C@H](CN(C(=O)OC(C)(C)C)[C@H](C)c2cccc3ccccc23)[C@@H](c2ccccc2)C1. The summed E-state index contributed by atoms with van der Waals surface area (Å²) in [5, 5.41) is 2.18. The van der Waals surface area contributed by atoms with Gasteiger partial charge in [0, 0.05) is 31.5 Å². The molecule has 0 saturated carbocycles. The van der Waals surface area contributed by atoms with Gasteiger partial charge in [0.1, 0.15) is 12.2 Å². The minimum atomic E-state index is -0.968. The van der Waals surface area contributed by atoms with Gasteiger partial charge in [0.15, 0.2) is 0 Å². The van der Waals surface area contributed by atoms with Crippen LogP contribution in [0.1, 0.15) is 64.6 Å². The van der Waals surface area contributed by atoms with Crippen LogP contribution in [0.3, 0.4) is 0 Å². The van der Waals surface area contributed by atoms with E-state index < -0.39 is 29.2 Å². The van der Waals surface area contributed by atoms with E-state index in [0.29, 0.717) is 19.6 Å². The zero-order valence-corrected chi connectivity index (χ0v) is 26.3. The summed E-state index contributed by atoms with van der Waals surface area (Å²) in [6.45, 7) is 12.1. The third-order valence-electron chi connectivity index (χ3n) is 8.02. The summed E-state index contributed by atoms with van der Waals surface area (Å²) in [5.41, 5.74) is 0.466. The van der Waals surface area contributed by atoms with Crippen molar-refractivity contribution in [3.8, 4) is 0 Å². The molecule has 1 aliphatic rings. The van der Waals surface area contributed by atoms with Gasteiger partial charge in [-0.3, -0.25) is 4.79 Å². The number of methoxy groups -OCH3 is 1. The molecule has 3 aromatic rings. The van der Waals surface area contributed by atoms with Crippen molar-refractivity contribution in [3.63, 3.8) is 0 Å². The molecular formula is C35H44N2O6. The molecule has 0 unspecified atom stereocenters. The smallest absolute Gasteiger partial charge is 0.410 e. The number of carbonyl (C=O) groups is 3. The van der Waals surface area contributed by atoms with Crippen molar-refractivity contribution in [2.75, 3.05) is 33.4 Å². The predicted octanol–water partition coefficient (Wildman–Crippen LogP) is 7.19. The number of fused-ring (bicyclic) bond motifs is 1. The maximum absolute atomic E-state index is 13.8. The van der Waals surface area contributed by atoms with E-state index in [1.165, 1.54) is 7.11 Å². The number of amides is 2. The summed E-state index contributed by atoms with van der Waals surface area (Å²) in [6.07, 6.45) is -0.896. The standard InChI is InChI=1S/C35H44N2O6/c1-24(28-19-13-17-25-16-11-12-18-29(25)28)37(33(40)43-34(2,3)4)21-27-20-36(22-30(27)26-14-9-8-10-15-26)32(39)42-23-35(5,6)31(38)41-7/h8-19,24,27,30H,20-23H2,1-7H3/t24-,27-,30-/m1/s1. The molecule has 0 N–H and O–H groups in total. The molecule has 1 heterocycles. The summed E-state index contributed by atoms with van der Waals surface area (Å²) in [7, 11) is 1.32. The van der Waals surface area contributed by atoms with Gasteiger partial charge < -0.3 is 24.0 Å². The summed E-state index contributed by atoms with van der Waals surface area (Å²) < 4.78 is 16.4. The van der Waals surface area contributed by atoms with Crippen molar-refractivity contribution in [3.05, 3.63) is 83.9 Å². The molecule has 1 fully saturated rings.